The Morgan fingerprint density at radius 3 is 2.36 bits per heavy atom. The predicted octanol–water partition coefficient (Wildman–Crippen LogP) is 4.01. The summed E-state index contributed by atoms with van der Waals surface area (Å²) >= 11 is 0. The van der Waals surface area contributed by atoms with Crippen LogP contribution in [0, 0.1) is 5.82 Å². The quantitative estimate of drug-likeness (QED) is 0.536. The van der Waals surface area contributed by atoms with Gasteiger partial charge >= 0.3 is 6.18 Å². The van der Waals surface area contributed by atoms with Gasteiger partial charge in [0.2, 0.25) is 21.8 Å². The molecule has 2 aromatic carbocycles. The molecule has 4 rings (SSSR count). The standard InChI is InChI=1S/C21H20F4N4O3S/c22-14-3-5-15(6-4-14)26-19(30)9-12-29-18-8-7-16(33(31,32)28-10-1-2-11-28)13-17(18)27-20(29)21(23,24)25/h3-8,13H,1-2,9-12H2,(H,26,30). The molecule has 0 spiro atoms. The van der Waals surface area contributed by atoms with Crippen LogP contribution >= 0.6 is 0 Å². The molecular formula is C21H20F4N4O3S. The average molecular weight is 484 g/mol. The number of imidazole rings is 1. The molecule has 12 heteroatoms. The number of carbonyl (C=O) groups is 1. The minimum atomic E-state index is -4.81. The summed E-state index contributed by atoms with van der Waals surface area (Å²) in [7, 11) is -3.82. The normalized spacial score (nSPS) is 15.3. The van der Waals surface area contributed by atoms with Gasteiger partial charge in [0.05, 0.1) is 15.9 Å². The molecule has 0 saturated carbocycles. The van der Waals surface area contributed by atoms with Gasteiger partial charge in [0.15, 0.2) is 0 Å². The van der Waals surface area contributed by atoms with Crippen molar-refractivity contribution in [2.24, 2.45) is 0 Å². The van der Waals surface area contributed by atoms with E-state index in [0.717, 1.165) is 35.6 Å². The molecule has 1 aliphatic rings. The first-order valence-corrected chi connectivity index (χ1v) is 11.6. The zero-order valence-corrected chi connectivity index (χ0v) is 18.1. The van der Waals surface area contributed by atoms with Gasteiger partial charge in [-0.3, -0.25) is 4.79 Å². The Kier molecular flexibility index (Phi) is 6.14. The third-order valence-corrected chi connectivity index (χ3v) is 7.26. The Morgan fingerprint density at radius 1 is 1.06 bits per heavy atom. The summed E-state index contributed by atoms with van der Waals surface area (Å²) in [5, 5.41) is 2.49. The first-order chi connectivity index (χ1) is 15.6. The summed E-state index contributed by atoms with van der Waals surface area (Å²) in [5.41, 5.74) is 0.253. The molecule has 0 unspecified atom stereocenters. The molecular weight excluding hydrogens is 464 g/mol. The van der Waals surface area contributed by atoms with Crippen LogP contribution in [0.1, 0.15) is 25.1 Å². The molecule has 7 nitrogen and oxygen atoms in total. The van der Waals surface area contributed by atoms with E-state index in [1.165, 1.54) is 28.6 Å². The van der Waals surface area contributed by atoms with Crippen molar-refractivity contribution in [3.8, 4) is 0 Å². The lowest BCUT2D eigenvalue weighted by atomic mass is 10.3. The highest BCUT2D eigenvalue weighted by Crippen LogP contribution is 2.33. The Morgan fingerprint density at radius 2 is 1.73 bits per heavy atom. The zero-order valence-electron chi connectivity index (χ0n) is 17.3. The molecule has 1 N–H and O–H groups in total. The van der Waals surface area contributed by atoms with Crippen molar-refractivity contribution in [2.75, 3.05) is 18.4 Å². The van der Waals surface area contributed by atoms with Gasteiger partial charge in [-0.15, -0.1) is 0 Å². The van der Waals surface area contributed by atoms with Crippen molar-refractivity contribution in [2.45, 2.75) is 36.9 Å². The van der Waals surface area contributed by atoms with Gasteiger partial charge in [0.1, 0.15) is 5.82 Å². The number of halogens is 4. The van der Waals surface area contributed by atoms with Crippen molar-refractivity contribution in [1.82, 2.24) is 13.9 Å². The molecule has 2 heterocycles. The van der Waals surface area contributed by atoms with E-state index in [2.05, 4.69) is 10.3 Å². The lowest BCUT2D eigenvalue weighted by Crippen LogP contribution is -2.27. The molecule has 0 atom stereocenters. The van der Waals surface area contributed by atoms with E-state index < -0.39 is 33.7 Å². The molecule has 1 aromatic heterocycles. The number of fused-ring (bicyclic) bond motifs is 1. The van der Waals surface area contributed by atoms with Gasteiger partial charge in [-0.2, -0.15) is 17.5 Å². The first kappa shape index (κ1) is 23.2. The number of aryl methyl sites for hydroxylation is 1. The second kappa shape index (κ2) is 8.75. The zero-order chi connectivity index (χ0) is 23.8. The van der Waals surface area contributed by atoms with Crippen LogP contribution in [0.4, 0.5) is 23.2 Å². The molecule has 1 amide bonds. The Bertz CT molecular complexity index is 1280. The second-order valence-corrected chi connectivity index (χ2v) is 9.59. The van der Waals surface area contributed by atoms with Crippen molar-refractivity contribution >= 4 is 32.7 Å². The van der Waals surface area contributed by atoms with Crippen molar-refractivity contribution in [1.29, 1.82) is 0 Å². The Hall–Kier alpha value is -2.99. The van der Waals surface area contributed by atoms with Crippen LogP contribution in [0.5, 0.6) is 0 Å². The van der Waals surface area contributed by atoms with Crippen LogP contribution in [0.15, 0.2) is 47.4 Å². The first-order valence-electron chi connectivity index (χ1n) is 10.2. The molecule has 33 heavy (non-hydrogen) atoms. The van der Waals surface area contributed by atoms with E-state index >= 15 is 0 Å². The topological polar surface area (TPSA) is 84.3 Å². The fourth-order valence-electron chi connectivity index (χ4n) is 3.76. The van der Waals surface area contributed by atoms with Crippen LogP contribution in [0.25, 0.3) is 11.0 Å². The summed E-state index contributed by atoms with van der Waals surface area (Å²) in [6, 6.07) is 8.63. The number of amides is 1. The Labute approximate surface area is 187 Å². The summed E-state index contributed by atoms with van der Waals surface area (Å²) in [5.74, 6) is -2.27. The fourth-order valence-corrected chi connectivity index (χ4v) is 5.30. The van der Waals surface area contributed by atoms with E-state index in [9.17, 15) is 30.8 Å². The number of aromatic nitrogens is 2. The number of benzene rings is 2. The lowest BCUT2D eigenvalue weighted by molar-refractivity contribution is -0.147. The van der Waals surface area contributed by atoms with Crippen LogP contribution in [-0.2, 0) is 27.5 Å². The van der Waals surface area contributed by atoms with Crippen LogP contribution in [-0.4, -0.2) is 41.3 Å². The summed E-state index contributed by atoms with van der Waals surface area (Å²) in [6.45, 7) is 0.397. The molecule has 1 aliphatic heterocycles. The minimum Gasteiger partial charge on any atom is -0.326 e. The summed E-state index contributed by atoms with van der Waals surface area (Å²) < 4.78 is 81.6. The second-order valence-electron chi connectivity index (χ2n) is 7.65. The molecule has 0 radical (unpaired) electrons. The maximum absolute atomic E-state index is 13.6. The predicted molar refractivity (Wildman–Crippen MR) is 112 cm³/mol. The van der Waals surface area contributed by atoms with E-state index in [1.807, 2.05) is 0 Å². The number of rotatable bonds is 6. The molecule has 3 aromatic rings. The van der Waals surface area contributed by atoms with Gasteiger partial charge in [-0.25, -0.2) is 17.8 Å². The number of nitrogens with zero attached hydrogens (tertiary/aromatic N) is 3. The van der Waals surface area contributed by atoms with E-state index in [1.54, 1.807) is 0 Å². The third kappa shape index (κ3) is 4.86. The number of nitrogens with one attached hydrogen (secondary N) is 1. The van der Waals surface area contributed by atoms with Gasteiger partial charge < -0.3 is 9.88 Å². The van der Waals surface area contributed by atoms with E-state index in [4.69, 9.17) is 0 Å². The highest BCUT2D eigenvalue weighted by atomic mass is 32.2. The van der Waals surface area contributed by atoms with E-state index in [0.29, 0.717) is 18.8 Å². The fraction of sp³-hybridized carbons (Fsp3) is 0.333. The highest BCUT2D eigenvalue weighted by molar-refractivity contribution is 7.89. The molecule has 176 valence electrons. The van der Waals surface area contributed by atoms with Gasteiger partial charge in [0.25, 0.3) is 0 Å². The lowest BCUT2D eigenvalue weighted by Gasteiger charge is -2.15. The van der Waals surface area contributed by atoms with Gasteiger partial charge in [0, 0.05) is 31.7 Å². The van der Waals surface area contributed by atoms with Gasteiger partial charge in [-0.05, 0) is 55.3 Å². The van der Waals surface area contributed by atoms with Crippen LogP contribution in [0.3, 0.4) is 0 Å². The van der Waals surface area contributed by atoms with Crippen molar-refractivity contribution in [3.63, 3.8) is 0 Å². The number of sulfonamides is 1. The number of anilines is 1. The molecule has 0 aliphatic carbocycles. The highest BCUT2D eigenvalue weighted by Gasteiger charge is 2.38. The molecule has 0 bridgehead atoms. The number of alkyl halides is 3. The summed E-state index contributed by atoms with van der Waals surface area (Å²) in [4.78, 5) is 15.7. The van der Waals surface area contributed by atoms with Crippen molar-refractivity contribution < 1.29 is 30.8 Å². The smallest absolute Gasteiger partial charge is 0.326 e. The van der Waals surface area contributed by atoms with E-state index in [-0.39, 0.29) is 28.9 Å². The van der Waals surface area contributed by atoms with Crippen molar-refractivity contribution in [3.05, 3.63) is 54.1 Å². The van der Waals surface area contributed by atoms with Crippen LogP contribution in [0.2, 0.25) is 0 Å². The molecule has 1 saturated heterocycles. The number of hydrogen-bond donors (Lipinski definition) is 1. The Balaban J connectivity index is 1.61. The maximum Gasteiger partial charge on any atom is 0.449 e. The summed E-state index contributed by atoms with van der Waals surface area (Å²) in [6.07, 6.45) is -3.65. The molecule has 1 fully saturated rings. The monoisotopic (exact) mass is 484 g/mol. The van der Waals surface area contributed by atoms with Gasteiger partial charge in [-0.1, -0.05) is 0 Å². The maximum atomic E-state index is 13.6. The van der Waals surface area contributed by atoms with Crippen LogP contribution < -0.4 is 5.32 Å². The average Bonchev–Trinajstić information content (AvgIpc) is 3.42. The minimum absolute atomic E-state index is 0.0669. The largest absolute Gasteiger partial charge is 0.449 e. The SMILES string of the molecule is O=C(CCn1c(C(F)(F)F)nc2cc(S(=O)(=O)N3CCCC3)ccc21)Nc1ccc(F)cc1. The number of hydrogen-bond acceptors (Lipinski definition) is 4. The number of carbonyl (C=O) groups excluding carboxylic acids is 1. The third-order valence-electron chi connectivity index (χ3n) is 5.37.